The molecule has 5 nitrogen and oxygen atoms in total. The van der Waals surface area contributed by atoms with Crippen molar-refractivity contribution < 1.29 is 14.1 Å². The molecule has 2 aromatic rings. The van der Waals surface area contributed by atoms with Crippen molar-refractivity contribution in [1.82, 2.24) is 10.1 Å². The first-order chi connectivity index (χ1) is 11.5. The molecule has 1 aliphatic heterocycles. The Morgan fingerprint density at radius 2 is 2.04 bits per heavy atom. The van der Waals surface area contributed by atoms with Crippen LogP contribution in [0.15, 0.2) is 40.9 Å². The number of aromatic nitrogens is 1. The Labute approximate surface area is 142 Å². The summed E-state index contributed by atoms with van der Waals surface area (Å²) in [7, 11) is 0. The van der Waals surface area contributed by atoms with Crippen LogP contribution >= 0.6 is 0 Å². The van der Waals surface area contributed by atoms with Crippen molar-refractivity contribution in [2.45, 2.75) is 39.4 Å². The number of morpholine rings is 1. The minimum Gasteiger partial charge on any atom is -0.366 e. The molecule has 1 fully saturated rings. The van der Waals surface area contributed by atoms with Crippen molar-refractivity contribution in [2.24, 2.45) is 5.92 Å². The maximum atomic E-state index is 12.7. The van der Waals surface area contributed by atoms with E-state index in [1.54, 1.807) is 0 Å². The van der Waals surface area contributed by atoms with Gasteiger partial charge in [-0.1, -0.05) is 49.3 Å². The number of benzene rings is 1. The first-order valence-electron chi connectivity index (χ1n) is 8.43. The number of nitrogens with zero attached hydrogens (tertiary/aromatic N) is 2. The van der Waals surface area contributed by atoms with E-state index in [0.717, 1.165) is 11.3 Å². The van der Waals surface area contributed by atoms with E-state index in [1.165, 1.54) is 0 Å². The van der Waals surface area contributed by atoms with Gasteiger partial charge in [0.05, 0.1) is 24.8 Å². The molecule has 0 saturated carbocycles. The van der Waals surface area contributed by atoms with Crippen LogP contribution in [0, 0.1) is 12.8 Å². The van der Waals surface area contributed by atoms with Gasteiger partial charge in [-0.25, -0.2) is 0 Å². The van der Waals surface area contributed by atoms with Gasteiger partial charge in [0, 0.05) is 12.6 Å². The molecule has 3 rings (SSSR count). The molecule has 1 aromatic heterocycles. The average Bonchev–Trinajstić information content (AvgIpc) is 3.00. The van der Waals surface area contributed by atoms with Gasteiger partial charge in [-0.15, -0.1) is 0 Å². The standard InChI is InChI=1S/C19H24N2O3/c1-13(2)17-11-21(19(22)10-16-9-14(3)20-24-16)12-18(23-17)15-7-5-4-6-8-15/h4-9,13,17-18H,10-12H2,1-3H3/t17-,18+/m1/s1. The summed E-state index contributed by atoms with van der Waals surface area (Å²) in [6.45, 7) is 7.29. The Hall–Kier alpha value is -2.14. The van der Waals surface area contributed by atoms with Gasteiger partial charge in [0.2, 0.25) is 5.91 Å². The molecule has 2 atom stereocenters. The summed E-state index contributed by atoms with van der Waals surface area (Å²) in [6.07, 6.45) is 0.185. The highest BCUT2D eigenvalue weighted by Gasteiger charge is 2.33. The summed E-state index contributed by atoms with van der Waals surface area (Å²) in [5.74, 6) is 1.02. The molecular formula is C19H24N2O3. The van der Waals surface area contributed by atoms with Crippen molar-refractivity contribution in [1.29, 1.82) is 0 Å². The molecule has 0 unspecified atom stereocenters. The van der Waals surface area contributed by atoms with Crippen LogP contribution in [-0.2, 0) is 16.0 Å². The Kier molecular flexibility index (Phi) is 5.00. The molecule has 0 spiro atoms. The minimum atomic E-state index is -0.0900. The second-order valence-corrected chi connectivity index (χ2v) is 6.73. The van der Waals surface area contributed by atoms with E-state index < -0.39 is 0 Å². The third-order valence-electron chi connectivity index (χ3n) is 4.40. The van der Waals surface area contributed by atoms with E-state index in [1.807, 2.05) is 36.1 Å². The molecule has 1 saturated heterocycles. The van der Waals surface area contributed by atoms with Crippen LogP contribution in [-0.4, -0.2) is 35.2 Å². The van der Waals surface area contributed by atoms with Crippen molar-refractivity contribution >= 4 is 5.91 Å². The largest absolute Gasteiger partial charge is 0.366 e. The molecule has 0 N–H and O–H groups in total. The first-order valence-corrected chi connectivity index (χ1v) is 8.43. The summed E-state index contributed by atoms with van der Waals surface area (Å²) in [5, 5.41) is 3.85. The molecule has 1 aliphatic rings. The summed E-state index contributed by atoms with van der Waals surface area (Å²) in [5.41, 5.74) is 1.90. The highest BCUT2D eigenvalue weighted by Crippen LogP contribution is 2.28. The summed E-state index contributed by atoms with van der Waals surface area (Å²) in [4.78, 5) is 14.6. The molecule has 0 aliphatic carbocycles. The first kappa shape index (κ1) is 16.7. The lowest BCUT2D eigenvalue weighted by Gasteiger charge is -2.40. The van der Waals surface area contributed by atoms with Gasteiger partial charge < -0.3 is 14.2 Å². The van der Waals surface area contributed by atoms with Crippen LogP contribution < -0.4 is 0 Å². The van der Waals surface area contributed by atoms with Crippen molar-refractivity contribution in [3.8, 4) is 0 Å². The van der Waals surface area contributed by atoms with Crippen molar-refractivity contribution in [2.75, 3.05) is 13.1 Å². The second-order valence-electron chi connectivity index (χ2n) is 6.73. The zero-order chi connectivity index (χ0) is 17.1. The topological polar surface area (TPSA) is 55.6 Å². The van der Waals surface area contributed by atoms with Crippen LogP contribution in [0.2, 0.25) is 0 Å². The Bertz CT molecular complexity index is 681. The summed E-state index contributed by atoms with van der Waals surface area (Å²) >= 11 is 0. The SMILES string of the molecule is Cc1cc(CC(=O)N2C[C@@H](c3ccccc3)O[C@@H](C(C)C)C2)on1. The lowest BCUT2D eigenvalue weighted by Crippen LogP contribution is -2.49. The number of ether oxygens (including phenoxy) is 1. The Morgan fingerprint density at radius 3 is 2.67 bits per heavy atom. The molecule has 128 valence electrons. The van der Waals surface area contributed by atoms with E-state index in [2.05, 4.69) is 31.1 Å². The monoisotopic (exact) mass is 328 g/mol. The third kappa shape index (κ3) is 3.85. The van der Waals surface area contributed by atoms with E-state index in [0.29, 0.717) is 24.8 Å². The van der Waals surface area contributed by atoms with Gasteiger partial charge >= 0.3 is 0 Å². The minimum absolute atomic E-state index is 0.0318. The maximum Gasteiger partial charge on any atom is 0.230 e. The van der Waals surface area contributed by atoms with E-state index in [-0.39, 0.29) is 24.5 Å². The number of carbonyl (C=O) groups is 1. The number of hydrogen-bond acceptors (Lipinski definition) is 4. The fourth-order valence-corrected chi connectivity index (χ4v) is 2.97. The lowest BCUT2D eigenvalue weighted by atomic mass is 10.0. The number of amides is 1. The van der Waals surface area contributed by atoms with Crippen LogP contribution in [0.4, 0.5) is 0 Å². The highest BCUT2D eigenvalue weighted by molar-refractivity contribution is 5.78. The Balaban J connectivity index is 1.74. The Morgan fingerprint density at radius 1 is 1.29 bits per heavy atom. The predicted octanol–water partition coefficient (Wildman–Crippen LogP) is 3.15. The molecule has 24 heavy (non-hydrogen) atoms. The molecule has 0 radical (unpaired) electrons. The lowest BCUT2D eigenvalue weighted by molar-refractivity contribution is -0.149. The number of rotatable bonds is 4. The molecular weight excluding hydrogens is 304 g/mol. The molecule has 1 aromatic carbocycles. The fourth-order valence-electron chi connectivity index (χ4n) is 2.97. The number of hydrogen-bond donors (Lipinski definition) is 0. The molecule has 5 heteroatoms. The molecule has 2 heterocycles. The predicted molar refractivity (Wildman–Crippen MR) is 90.4 cm³/mol. The zero-order valence-corrected chi connectivity index (χ0v) is 14.4. The summed E-state index contributed by atoms with van der Waals surface area (Å²) in [6, 6.07) is 11.9. The smallest absolute Gasteiger partial charge is 0.230 e. The van der Waals surface area contributed by atoms with Crippen molar-refractivity contribution in [3.05, 3.63) is 53.4 Å². The van der Waals surface area contributed by atoms with E-state index in [4.69, 9.17) is 9.26 Å². The molecule has 0 bridgehead atoms. The van der Waals surface area contributed by atoms with Crippen molar-refractivity contribution in [3.63, 3.8) is 0 Å². The average molecular weight is 328 g/mol. The van der Waals surface area contributed by atoms with Gasteiger partial charge in [0.25, 0.3) is 0 Å². The quantitative estimate of drug-likeness (QED) is 0.865. The van der Waals surface area contributed by atoms with Crippen LogP contribution in [0.3, 0.4) is 0 Å². The van der Waals surface area contributed by atoms with Crippen LogP contribution in [0.1, 0.15) is 37.0 Å². The highest BCUT2D eigenvalue weighted by atomic mass is 16.5. The number of aryl methyl sites for hydroxylation is 1. The molecule has 1 amide bonds. The number of carbonyl (C=O) groups excluding carboxylic acids is 1. The summed E-state index contributed by atoms with van der Waals surface area (Å²) < 4.78 is 11.4. The van der Waals surface area contributed by atoms with Crippen LogP contribution in [0.5, 0.6) is 0 Å². The third-order valence-corrected chi connectivity index (χ3v) is 4.40. The van der Waals surface area contributed by atoms with Gasteiger partial charge in [-0.2, -0.15) is 0 Å². The van der Waals surface area contributed by atoms with Gasteiger partial charge in [0.15, 0.2) is 0 Å². The van der Waals surface area contributed by atoms with Gasteiger partial charge in [0.1, 0.15) is 11.9 Å². The second kappa shape index (κ2) is 7.18. The van der Waals surface area contributed by atoms with E-state index in [9.17, 15) is 4.79 Å². The van der Waals surface area contributed by atoms with Crippen LogP contribution in [0.25, 0.3) is 0 Å². The fraction of sp³-hybridized carbons (Fsp3) is 0.474. The van der Waals surface area contributed by atoms with Gasteiger partial charge in [-0.3, -0.25) is 4.79 Å². The zero-order valence-electron chi connectivity index (χ0n) is 14.4. The van der Waals surface area contributed by atoms with E-state index >= 15 is 0 Å². The normalized spacial score (nSPS) is 21.2. The van der Waals surface area contributed by atoms with Gasteiger partial charge in [-0.05, 0) is 18.4 Å². The maximum absolute atomic E-state index is 12.7.